The van der Waals surface area contributed by atoms with Crippen molar-refractivity contribution in [3.8, 4) is 0 Å². The number of aromatic nitrogens is 2. The summed E-state index contributed by atoms with van der Waals surface area (Å²) in [5, 5.41) is 29.8. The predicted octanol–water partition coefficient (Wildman–Crippen LogP) is 2.05. The van der Waals surface area contributed by atoms with Gasteiger partial charge in [0.2, 0.25) is 11.0 Å². The first-order valence-corrected chi connectivity index (χ1v) is 11.9. The van der Waals surface area contributed by atoms with Crippen LogP contribution in [0, 0.1) is 5.92 Å². The molecule has 15 heteroatoms. The minimum absolute atomic E-state index is 0.0299. The van der Waals surface area contributed by atoms with E-state index in [-0.39, 0.29) is 34.2 Å². The molecule has 0 bridgehead atoms. The van der Waals surface area contributed by atoms with Crippen LogP contribution in [0.25, 0.3) is 5.57 Å². The Morgan fingerprint density at radius 3 is 2.49 bits per heavy atom. The lowest BCUT2D eigenvalue weighted by atomic mass is 9.93. The van der Waals surface area contributed by atoms with Gasteiger partial charge < -0.3 is 30.3 Å². The Balaban J connectivity index is 1.57. The largest absolute Gasteiger partial charge is 0.487 e. The van der Waals surface area contributed by atoms with E-state index in [1.54, 1.807) is 6.08 Å². The van der Waals surface area contributed by atoms with Crippen LogP contribution in [0.1, 0.15) is 23.9 Å². The van der Waals surface area contributed by atoms with Gasteiger partial charge in [-0.25, -0.2) is 26.3 Å². The van der Waals surface area contributed by atoms with Crippen LogP contribution in [-0.2, 0) is 16.0 Å². The monoisotopic (exact) mass is 564 g/mol. The molecule has 214 valence electrons. The van der Waals surface area contributed by atoms with Crippen LogP contribution >= 0.6 is 0 Å². The molecule has 0 amide bonds. The highest BCUT2D eigenvalue weighted by molar-refractivity contribution is 5.77. The minimum Gasteiger partial charge on any atom is -0.487 e. The second-order valence-corrected chi connectivity index (χ2v) is 9.15. The third-order valence-electron chi connectivity index (χ3n) is 6.34. The second kappa shape index (κ2) is 11.8. The minimum atomic E-state index is -3.75. The number of ether oxygens (including phenoxy) is 2. The van der Waals surface area contributed by atoms with Gasteiger partial charge in [0.15, 0.2) is 6.23 Å². The number of aliphatic hydroxyl groups excluding tert-OH is 1. The molecule has 3 heterocycles. The van der Waals surface area contributed by atoms with Crippen LogP contribution < -0.4 is 16.1 Å². The number of halogens is 6. The topological polar surface area (TPSA) is 118 Å². The zero-order valence-corrected chi connectivity index (χ0v) is 20.2. The van der Waals surface area contributed by atoms with Gasteiger partial charge in [0.1, 0.15) is 18.1 Å². The van der Waals surface area contributed by atoms with Crippen molar-refractivity contribution in [2.75, 3.05) is 19.8 Å². The fourth-order valence-corrected chi connectivity index (χ4v) is 4.14. The Morgan fingerprint density at radius 1 is 1.21 bits per heavy atom. The zero-order valence-electron chi connectivity index (χ0n) is 20.2. The summed E-state index contributed by atoms with van der Waals surface area (Å²) in [7, 11) is 0. The molecule has 0 radical (unpaired) electrons. The predicted molar refractivity (Wildman–Crippen MR) is 125 cm³/mol. The highest BCUT2D eigenvalue weighted by Crippen LogP contribution is 2.31. The maximum atomic E-state index is 13.4. The van der Waals surface area contributed by atoms with Crippen LogP contribution in [0.15, 0.2) is 53.0 Å². The van der Waals surface area contributed by atoms with Crippen LogP contribution in [0.2, 0.25) is 0 Å². The third kappa shape index (κ3) is 6.15. The van der Waals surface area contributed by atoms with E-state index < -0.39 is 49.2 Å². The summed E-state index contributed by atoms with van der Waals surface area (Å²) >= 11 is 0. The van der Waals surface area contributed by atoms with Crippen molar-refractivity contribution in [2.24, 2.45) is 5.92 Å². The zero-order chi connectivity index (χ0) is 28.3. The van der Waals surface area contributed by atoms with E-state index in [1.807, 2.05) is 0 Å². The summed E-state index contributed by atoms with van der Waals surface area (Å²) in [6.45, 7) is 0.349. The van der Waals surface area contributed by atoms with Gasteiger partial charge in [0.05, 0.1) is 30.5 Å². The van der Waals surface area contributed by atoms with Crippen molar-refractivity contribution in [1.82, 2.24) is 20.4 Å². The summed E-state index contributed by atoms with van der Waals surface area (Å²) in [6, 6.07) is -1.83. The molecular weight excluding hydrogens is 538 g/mol. The molecule has 1 aromatic rings. The average molecular weight is 564 g/mol. The molecule has 4 N–H and O–H groups in total. The molecule has 0 saturated carbocycles. The lowest BCUT2D eigenvalue weighted by Gasteiger charge is -2.34. The van der Waals surface area contributed by atoms with Crippen LogP contribution in [0.3, 0.4) is 0 Å². The molecule has 4 rings (SSSR count). The van der Waals surface area contributed by atoms with Gasteiger partial charge in [-0.1, -0.05) is 12.2 Å². The van der Waals surface area contributed by atoms with Crippen molar-refractivity contribution in [3.05, 3.63) is 69.6 Å². The lowest BCUT2D eigenvalue weighted by Crippen LogP contribution is -2.59. The molecule has 39 heavy (non-hydrogen) atoms. The number of allylic oxidation sites excluding steroid dienone is 4. The molecule has 2 unspecified atom stereocenters. The summed E-state index contributed by atoms with van der Waals surface area (Å²) < 4.78 is 89.7. The molecule has 2 atom stereocenters. The fourth-order valence-electron chi connectivity index (χ4n) is 4.14. The first-order chi connectivity index (χ1) is 18.5. The van der Waals surface area contributed by atoms with Gasteiger partial charge in [0, 0.05) is 30.4 Å². The molecule has 1 aliphatic carbocycles. The number of rotatable bonds is 12. The molecular formula is C24H26F6N4O5. The van der Waals surface area contributed by atoms with E-state index in [4.69, 9.17) is 9.47 Å². The van der Waals surface area contributed by atoms with E-state index in [9.17, 15) is 41.4 Å². The van der Waals surface area contributed by atoms with Crippen molar-refractivity contribution in [2.45, 2.75) is 50.1 Å². The number of aliphatic hydroxyl groups is 2. The van der Waals surface area contributed by atoms with E-state index in [0.29, 0.717) is 26.2 Å². The third-order valence-corrected chi connectivity index (χ3v) is 6.34. The molecule has 2 aliphatic heterocycles. The van der Waals surface area contributed by atoms with E-state index in [0.717, 1.165) is 18.4 Å². The Labute approximate surface area is 218 Å². The summed E-state index contributed by atoms with van der Waals surface area (Å²) in [5.74, 6) is 0.138. The van der Waals surface area contributed by atoms with Crippen molar-refractivity contribution in [3.63, 3.8) is 0 Å². The van der Waals surface area contributed by atoms with Crippen molar-refractivity contribution < 1.29 is 46.0 Å². The number of nitrogens with zero attached hydrogens (tertiary/aromatic N) is 2. The van der Waals surface area contributed by atoms with Gasteiger partial charge in [-0.05, 0) is 18.6 Å². The second-order valence-electron chi connectivity index (χ2n) is 9.15. The number of dihydropyridines is 1. The average Bonchev–Trinajstić information content (AvgIpc) is 3.33. The lowest BCUT2D eigenvalue weighted by molar-refractivity contribution is -0.184. The first kappa shape index (κ1) is 28.7. The molecule has 1 fully saturated rings. The number of hydrogen-bond donors (Lipinski definition) is 4. The van der Waals surface area contributed by atoms with Gasteiger partial charge in [0.25, 0.3) is 19.3 Å². The van der Waals surface area contributed by atoms with Gasteiger partial charge in [-0.15, -0.1) is 0 Å². The Hall–Kier alpha value is -3.30. The van der Waals surface area contributed by atoms with Gasteiger partial charge in [-0.3, -0.25) is 9.48 Å². The molecule has 0 spiro atoms. The van der Waals surface area contributed by atoms with E-state index in [2.05, 4.69) is 15.7 Å². The summed E-state index contributed by atoms with van der Waals surface area (Å²) in [5.41, 5.74) is -4.49. The Morgan fingerprint density at radius 2 is 1.92 bits per heavy atom. The number of alkyl halides is 6. The summed E-state index contributed by atoms with van der Waals surface area (Å²) in [4.78, 5) is 13.4. The smallest absolute Gasteiger partial charge is 0.274 e. The molecule has 0 aromatic carbocycles. The van der Waals surface area contributed by atoms with Crippen LogP contribution in [-0.4, -0.2) is 70.7 Å². The standard InChI is InChI=1S/C24H26F6N4O5/c25-18(26)11-39-16-3-1-2-14(16)19-20(35)15(8-34(33-19)7-12-9-38-10-12)21(36)32-13-4-5-17(31-6-13)24(37,22(27)28)23(29)30/h2-6,8,12,17-18,21-23,31-32,36-37H,1,7,9-11H2. The molecule has 3 aliphatic rings. The first-order valence-electron chi connectivity index (χ1n) is 11.9. The molecule has 1 saturated heterocycles. The normalized spacial score (nSPS) is 20.5. The molecule has 9 nitrogen and oxygen atoms in total. The quantitative estimate of drug-likeness (QED) is 0.225. The highest BCUT2D eigenvalue weighted by atomic mass is 19.3. The SMILES string of the molecule is O=c1c(C(O)NC2=CNC(C(O)(C(F)F)C(F)F)C=C2)cn(CC2COC2)nc1C1=CCC=C1OCC(F)F. The maximum absolute atomic E-state index is 13.4. The highest BCUT2D eigenvalue weighted by Gasteiger charge is 2.52. The maximum Gasteiger partial charge on any atom is 0.274 e. The summed E-state index contributed by atoms with van der Waals surface area (Å²) in [6.07, 6.45) is -4.26. The van der Waals surface area contributed by atoms with Crippen LogP contribution in [0.5, 0.6) is 0 Å². The van der Waals surface area contributed by atoms with E-state index in [1.165, 1.54) is 17.0 Å². The number of nitrogens with one attached hydrogen (secondary N) is 2. The van der Waals surface area contributed by atoms with Crippen molar-refractivity contribution >= 4 is 5.57 Å². The Kier molecular flexibility index (Phi) is 8.71. The fraction of sp³-hybridized carbons (Fsp3) is 0.500. The van der Waals surface area contributed by atoms with Crippen molar-refractivity contribution in [1.29, 1.82) is 0 Å². The van der Waals surface area contributed by atoms with Gasteiger partial charge >= 0.3 is 0 Å². The van der Waals surface area contributed by atoms with Gasteiger partial charge in [-0.2, -0.15) is 5.10 Å². The molecule has 1 aromatic heterocycles. The van der Waals surface area contributed by atoms with Crippen LogP contribution in [0.4, 0.5) is 26.3 Å². The number of hydrogen-bond acceptors (Lipinski definition) is 8. The Bertz CT molecular complexity index is 1220. The van der Waals surface area contributed by atoms with E-state index >= 15 is 0 Å².